The molecule has 2 atom stereocenters. The summed E-state index contributed by atoms with van der Waals surface area (Å²) >= 11 is 7.66. The maximum atomic E-state index is 12.2. The van der Waals surface area contributed by atoms with Crippen LogP contribution >= 0.6 is 22.9 Å². The van der Waals surface area contributed by atoms with Gasteiger partial charge < -0.3 is 15.0 Å². The van der Waals surface area contributed by atoms with Crippen molar-refractivity contribution in [1.29, 1.82) is 0 Å². The molecule has 4 nitrogen and oxygen atoms in total. The van der Waals surface area contributed by atoms with Gasteiger partial charge in [-0.1, -0.05) is 11.6 Å². The van der Waals surface area contributed by atoms with Crippen LogP contribution in [0.25, 0.3) is 0 Å². The van der Waals surface area contributed by atoms with Crippen molar-refractivity contribution in [2.75, 3.05) is 26.2 Å². The van der Waals surface area contributed by atoms with Gasteiger partial charge in [0.15, 0.2) is 6.54 Å². The number of amides is 1. The lowest BCUT2D eigenvalue weighted by Crippen LogP contribution is -3.14. The standard InChI is InChI=1S/C18H21ClN2O2S/c1-13-16-7-11-24-17(16)6-9-21(13)12-18(22)20-8-10-23-15-4-2-14(19)3-5-15/h2-5,7,11,13H,6,8-10,12H2,1H3,(H,20,22)/p+1/t13-/m1/s1. The molecule has 1 amide bonds. The maximum absolute atomic E-state index is 12.2. The van der Waals surface area contributed by atoms with Crippen LogP contribution in [-0.4, -0.2) is 32.1 Å². The van der Waals surface area contributed by atoms with Gasteiger partial charge in [-0.2, -0.15) is 0 Å². The van der Waals surface area contributed by atoms with Crippen LogP contribution in [0.4, 0.5) is 0 Å². The van der Waals surface area contributed by atoms with Crippen molar-refractivity contribution in [3.05, 3.63) is 51.2 Å². The first-order valence-corrected chi connectivity index (χ1v) is 9.45. The SMILES string of the molecule is C[C@@H]1c2ccsc2CC[NH+]1CC(=O)NCCOc1ccc(Cl)cc1. The highest BCUT2D eigenvalue weighted by atomic mass is 35.5. The molecule has 2 N–H and O–H groups in total. The van der Waals surface area contributed by atoms with Crippen LogP contribution in [0, 0.1) is 0 Å². The zero-order valence-electron chi connectivity index (χ0n) is 13.7. The molecule has 1 unspecified atom stereocenters. The molecular formula is C18H22ClN2O2S+. The van der Waals surface area contributed by atoms with Gasteiger partial charge in [-0.05, 0) is 42.6 Å². The van der Waals surface area contributed by atoms with Crippen LogP contribution in [0.5, 0.6) is 5.75 Å². The van der Waals surface area contributed by atoms with E-state index in [0.717, 1.165) is 18.7 Å². The zero-order valence-corrected chi connectivity index (χ0v) is 15.3. The van der Waals surface area contributed by atoms with Gasteiger partial charge in [0, 0.05) is 21.9 Å². The van der Waals surface area contributed by atoms with E-state index in [9.17, 15) is 4.79 Å². The van der Waals surface area contributed by atoms with E-state index in [1.54, 1.807) is 12.1 Å². The smallest absolute Gasteiger partial charge is 0.275 e. The van der Waals surface area contributed by atoms with Gasteiger partial charge in [-0.25, -0.2) is 0 Å². The summed E-state index contributed by atoms with van der Waals surface area (Å²) in [7, 11) is 0. The Labute approximate surface area is 151 Å². The van der Waals surface area contributed by atoms with E-state index in [1.807, 2.05) is 23.5 Å². The lowest BCUT2D eigenvalue weighted by Gasteiger charge is -2.29. The first-order chi connectivity index (χ1) is 11.6. The third-order valence-corrected chi connectivity index (χ3v) is 5.67. The maximum Gasteiger partial charge on any atom is 0.275 e. The van der Waals surface area contributed by atoms with E-state index in [4.69, 9.17) is 16.3 Å². The molecule has 6 heteroatoms. The van der Waals surface area contributed by atoms with Crippen molar-refractivity contribution in [3.63, 3.8) is 0 Å². The zero-order chi connectivity index (χ0) is 16.9. The summed E-state index contributed by atoms with van der Waals surface area (Å²) in [6, 6.07) is 9.80. The highest BCUT2D eigenvalue weighted by molar-refractivity contribution is 7.10. The molecule has 0 bridgehead atoms. The Morgan fingerprint density at radius 3 is 2.96 bits per heavy atom. The van der Waals surface area contributed by atoms with Gasteiger partial charge in [0.25, 0.3) is 5.91 Å². The van der Waals surface area contributed by atoms with Crippen molar-refractivity contribution in [3.8, 4) is 5.75 Å². The van der Waals surface area contributed by atoms with Crippen LogP contribution in [0.3, 0.4) is 0 Å². The molecule has 0 spiro atoms. The van der Waals surface area contributed by atoms with E-state index in [1.165, 1.54) is 15.3 Å². The number of quaternary nitrogens is 1. The minimum atomic E-state index is 0.0789. The van der Waals surface area contributed by atoms with Crippen LogP contribution in [0.1, 0.15) is 23.4 Å². The normalized spacial score (nSPS) is 19.6. The molecule has 24 heavy (non-hydrogen) atoms. The van der Waals surface area contributed by atoms with Crippen molar-refractivity contribution in [2.24, 2.45) is 0 Å². The fraction of sp³-hybridized carbons (Fsp3) is 0.389. The van der Waals surface area contributed by atoms with Crippen molar-refractivity contribution >= 4 is 28.8 Å². The second-order valence-corrected chi connectivity index (χ2v) is 7.45. The number of rotatable bonds is 6. The number of carbonyl (C=O) groups is 1. The summed E-state index contributed by atoms with van der Waals surface area (Å²) in [4.78, 5) is 15.0. The highest BCUT2D eigenvalue weighted by Gasteiger charge is 2.29. The van der Waals surface area contributed by atoms with Gasteiger partial charge in [-0.15, -0.1) is 11.3 Å². The van der Waals surface area contributed by atoms with Crippen LogP contribution in [0.15, 0.2) is 35.7 Å². The Hall–Kier alpha value is -1.56. The first-order valence-electron chi connectivity index (χ1n) is 8.19. The fourth-order valence-electron chi connectivity index (χ4n) is 3.05. The highest BCUT2D eigenvalue weighted by Crippen LogP contribution is 2.24. The molecule has 0 radical (unpaired) electrons. The lowest BCUT2D eigenvalue weighted by molar-refractivity contribution is -0.924. The molecule has 2 heterocycles. The van der Waals surface area contributed by atoms with E-state index < -0.39 is 0 Å². The molecule has 1 aromatic carbocycles. The summed E-state index contributed by atoms with van der Waals surface area (Å²) < 4.78 is 5.58. The Morgan fingerprint density at radius 2 is 2.17 bits per heavy atom. The monoisotopic (exact) mass is 365 g/mol. The number of thiophene rings is 1. The molecule has 1 aliphatic heterocycles. The third-order valence-electron chi connectivity index (χ3n) is 4.43. The molecule has 2 aromatic rings. The summed E-state index contributed by atoms with van der Waals surface area (Å²) in [6.07, 6.45) is 1.07. The molecule has 128 valence electrons. The summed E-state index contributed by atoms with van der Waals surface area (Å²) in [5.74, 6) is 0.837. The Balaban J connectivity index is 1.39. The predicted octanol–water partition coefficient (Wildman–Crippen LogP) is 2.10. The number of hydrogen-bond donors (Lipinski definition) is 2. The molecule has 0 saturated carbocycles. The van der Waals surface area contributed by atoms with Gasteiger partial charge in [0.05, 0.1) is 13.1 Å². The van der Waals surface area contributed by atoms with Gasteiger partial charge >= 0.3 is 0 Å². The van der Waals surface area contributed by atoms with Gasteiger partial charge in [0.2, 0.25) is 0 Å². The number of hydrogen-bond acceptors (Lipinski definition) is 3. The van der Waals surface area contributed by atoms with Crippen LogP contribution in [0.2, 0.25) is 5.02 Å². The van der Waals surface area contributed by atoms with Crippen molar-refractivity contribution < 1.29 is 14.4 Å². The summed E-state index contributed by atoms with van der Waals surface area (Å²) in [5, 5.41) is 5.78. The third kappa shape index (κ3) is 4.29. The Morgan fingerprint density at radius 1 is 1.38 bits per heavy atom. The second kappa shape index (κ2) is 8.01. The molecule has 0 fully saturated rings. The minimum Gasteiger partial charge on any atom is -0.492 e. The van der Waals surface area contributed by atoms with Gasteiger partial charge in [-0.3, -0.25) is 4.79 Å². The number of fused-ring (bicyclic) bond motifs is 1. The summed E-state index contributed by atoms with van der Waals surface area (Å²) in [5.41, 5.74) is 1.40. The van der Waals surface area contributed by atoms with E-state index in [-0.39, 0.29) is 5.91 Å². The number of benzene rings is 1. The minimum absolute atomic E-state index is 0.0789. The number of ether oxygens (including phenoxy) is 1. The largest absolute Gasteiger partial charge is 0.492 e. The van der Waals surface area contributed by atoms with E-state index in [0.29, 0.717) is 30.8 Å². The molecular weight excluding hydrogens is 344 g/mol. The topological polar surface area (TPSA) is 42.8 Å². The predicted molar refractivity (Wildman–Crippen MR) is 97.1 cm³/mol. The number of carbonyl (C=O) groups excluding carboxylic acids is 1. The Kier molecular flexibility index (Phi) is 5.76. The van der Waals surface area contributed by atoms with Crippen LogP contribution in [-0.2, 0) is 11.2 Å². The number of halogens is 1. The van der Waals surface area contributed by atoms with Crippen LogP contribution < -0.4 is 15.0 Å². The van der Waals surface area contributed by atoms with Crippen molar-refractivity contribution in [2.45, 2.75) is 19.4 Å². The first kappa shape index (κ1) is 17.3. The summed E-state index contributed by atoms with van der Waals surface area (Å²) in [6.45, 7) is 4.69. The molecule has 1 aliphatic rings. The van der Waals surface area contributed by atoms with Gasteiger partial charge in [0.1, 0.15) is 18.4 Å². The average Bonchev–Trinajstić information content (AvgIpc) is 3.05. The van der Waals surface area contributed by atoms with E-state index >= 15 is 0 Å². The van der Waals surface area contributed by atoms with E-state index in [2.05, 4.69) is 23.7 Å². The molecule has 0 aliphatic carbocycles. The molecule has 1 aromatic heterocycles. The Bertz CT molecular complexity index is 687. The second-order valence-electron chi connectivity index (χ2n) is 6.01. The van der Waals surface area contributed by atoms with Crippen molar-refractivity contribution in [1.82, 2.24) is 5.32 Å². The lowest BCUT2D eigenvalue weighted by atomic mass is 10.0. The quantitative estimate of drug-likeness (QED) is 0.770. The number of nitrogens with one attached hydrogen (secondary N) is 2. The average molecular weight is 366 g/mol. The molecule has 3 rings (SSSR count). The molecule has 0 saturated heterocycles. The fourth-order valence-corrected chi connectivity index (χ4v) is 4.16.